The quantitative estimate of drug-likeness (QED) is 0.795. The van der Waals surface area contributed by atoms with Gasteiger partial charge in [-0.25, -0.2) is 4.98 Å². The lowest BCUT2D eigenvalue weighted by molar-refractivity contribution is 0.283. The zero-order valence-corrected chi connectivity index (χ0v) is 13.5. The van der Waals surface area contributed by atoms with Gasteiger partial charge < -0.3 is 15.4 Å². The molecule has 0 aliphatic heterocycles. The summed E-state index contributed by atoms with van der Waals surface area (Å²) in [5, 5.41) is 0. The third kappa shape index (κ3) is 3.54. The molecule has 0 atom stereocenters. The van der Waals surface area contributed by atoms with E-state index in [1.165, 1.54) is 0 Å². The van der Waals surface area contributed by atoms with Crippen LogP contribution in [0, 0.1) is 0 Å². The first kappa shape index (κ1) is 15.8. The van der Waals surface area contributed by atoms with Crippen molar-refractivity contribution in [1.82, 2.24) is 14.3 Å². The molecular formula is C16H26N4O. The number of hydrogen-bond donors (Lipinski definition) is 1. The third-order valence-electron chi connectivity index (χ3n) is 3.49. The minimum Gasteiger partial charge on any atom is -0.490 e. The van der Waals surface area contributed by atoms with Crippen molar-refractivity contribution in [3.63, 3.8) is 0 Å². The van der Waals surface area contributed by atoms with Crippen LogP contribution in [0.3, 0.4) is 0 Å². The molecular weight excluding hydrogens is 264 g/mol. The topological polar surface area (TPSA) is 55.8 Å². The summed E-state index contributed by atoms with van der Waals surface area (Å²) >= 11 is 0. The van der Waals surface area contributed by atoms with E-state index in [0.717, 1.165) is 35.8 Å². The SMILES string of the molecule is CC(C)c1nc2c(OCCCN(C)C)cccn2c1CN. The number of pyridine rings is 1. The predicted octanol–water partition coefficient (Wildman–Crippen LogP) is 2.25. The average molecular weight is 290 g/mol. The Morgan fingerprint density at radius 2 is 2.14 bits per heavy atom. The molecule has 5 heteroatoms. The number of aromatic nitrogens is 2. The fourth-order valence-corrected chi connectivity index (χ4v) is 2.45. The molecule has 0 aliphatic carbocycles. The summed E-state index contributed by atoms with van der Waals surface area (Å²) < 4.78 is 7.96. The van der Waals surface area contributed by atoms with Crippen LogP contribution >= 0.6 is 0 Å². The van der Waals surface area contributed by atoms with Gasteiger partial charge in [0.05, 0.1) is 18.0 Å². The predicted molar refractivity (Wildman–Crippen MR) is 85.8 cm³/mol. The molecule has 0 bridgehead atoms. The van der Waals surface area contributed by atoms with Crippen molar-refractivity contribution in [2.45, 2.75) is 32.7 Å². The van der Waals surface area contributed by atoms with Crippen molar-refractivity contribution in [2.24, 2.45) is 5.73 Å². The third-order valence-corrected chi connectivity index (χ3v) is 3.49. The summed E-state index contributed by atoms with van der Waals surface area (Å²) in [7, 11) is 4.13. The van der Waals surface area contributed by atoms with Gasteiger partial charge in [0.2, 0.25) is 0 Å². The van der Waals surface area contributed by atoms with Crippen molar-refractivity contribution in [1.29, 1.82) is 0 Å². The van der Waals surface area contributed by atoms with E-state index < -0.39 is 0 Å². The highest BCUT2D eigenvalue weighted by molar-refractivity contribution is 5.56. The molecule has 0 aromatic carbocycles. The second-order valence-electron chi connectivity index (χ2n) is 5.87. The summed E-state index contributed by atoms with van der Waals surface area (Å²) in [5.41, 5.74) is 8.89. The molecule has 2 heterocycles. The van der Waals surface area contributed by atoms with Crippen LogP contribution in [0.25, 0.3) is 5.65 Å². The van der Waals surface area contributed by atoms with Gasteiger partial charge >= 0.3 is 0 Å². The standard InChI is InChI=1S/C16H26N4O/c1-12(2)15-13(11-17)20-9-5-7-14(16(20)18-15)21-10-6-8-19(3)4/h5,7,9,12H,6,8,10-11,17H2,1-4H3. The maximum Gasteiger partial charge on any atom is 0.180 e. The van der Waals surface area contributed by atoms with Crippen LogP contribution in [0.5, 0.6) is 5.75 Å². The summed E-state index contributed by atoms with van der Waals surface area (Å²) in [4.78, 5) is 6.90. The number of nitrogens with two attached hydrogens (primary N) is 1. The van der Waals surface area contributed by atoms with E-state index in [1.54, 1.807) is 0 Å². The molecule has 0 fully saturated rings. The molecule has 0 amide bonds. The molecule has 2 N–H and O–H groups in total. The summed E-state index contributed by atoms with van der Waals surface area (Å²) in [6, 6.07) is 3.96. The maximum atomic E-state index is 5.91. The van der Waals surface area contributed by atoms with Crippen molar-refractivity contribution in [2.75, 3.05) is 27.2 Å². The van der Waals surface area contributed by atoms with Gasteiger partial charge in [0.1, 0.15) is 0 Å². The number of rotatable bonds is 7. The van der Waals surface area contributed by atoms with E-state index in [0.29, 0.717) is 19.1 Å². The zero-order chi connectivity index (χ0) is 15.4. The van der Waals surface area contributed by atoms with Crippen molar-refractivity contribution in [3.8, 4) is 5.75 Å². The average Bonchev–Trinajstić information content (AvgIpc) is 2.82. The first-order valence-corrected chi connectivity index (χ1v) is 7.52. The first-order valence-electron chi connectivity index (χ1n) is 7.52. The van der Waals surface area contributed by atoms with Gasteiger partial charge in [-0.2, -0.15) is 0 Å². The Morgan fingerprint density at radius 3 is 2.76 bits per heavy atom. The van der Waals surface area contributed by atoms with Crippen LogP contribution in [0.4, 0.5) is 0 Å². The lowest BCUT2D eigenvalue weighted by Gasteiger charge is -2.11. The zero-order valence-electron chi connectivity index (χ0n) is 13.5. The molecule has 0 aliphatic rings. The highest BCUT2D eigenvalue weighted by Gasteiger charge is 2.16. The Labute approximate surface area is 126 Å². The van der Waals surface area contributed by atoms with Gasteiger partial charge in [-0.05, 0) is 38.6 Å². The van der Waals surface area contributed by atoms with Gasteiger partial charge in [-0.1, -0.05) is 13.8 Å². The van der Waals surface area contributed by atoms with E-state index in [4.69, 9.17) is 15.5 Å². The highest BCUT2D eigenvalue weighted by Crippen LogP contribution is 2.26. The minimum atomic E-state index is 0.352. The first-order chi connectivity index (χ1) is 10.0. The number of fused-ring (bicyclic) bond motifs is 1. The number of nitrogens with zero attached hydrogens (tertiary/aromatic N) is 3. The van der Waals surface area contributed by atoms with Crippen LogP contribution in [-0.4, -0.2) is 41.5 Å². The minimum absolute atomic E-state index is 0.352. The molecule has 2 aromatic heterocycles. The van der Waals surface area contributed by atoms with Crippen molar-refractivity contribution >= 4 is 5.65 Å². The van der Waals surface area contributed by atoms with Crippen molar-refractivity contribution in [3.05, 3.63) is 29.7 Å². The molecule has 21 heavy (non-hydrogen) atoms. The smallest absolute Gasteiger partial charge is 0.180 e. The van der Waals surface area contributed by atoms with Crippen LogP contribution < -0.4 is 10.5 Å². The van der Waals surface area contributed by atoms with Crippen LogP contribution in [0.1, 0.15) is 37.6 Å². The number of imidazole rings is 1. The van der Waals surface area contributed by atoms with Gasteiger partial charge in [-0.3, -0.25) is 4.40 Å². The molecule has 5 nitrogen and oxygen atoms in total. The molecule has 2 rings (SSSR count). The molecule has 0 saturated carbocycles. The van der Waals surface area contributed by atoms with E-state index in [9.17, 15) is 0 Å². The molecule has 116 valence electrons. The summed E-state index contributed by atoms with van der Waals surface area (Å²) in [6.07, 6.45) is 3.00. The monoisotopic (exact) mass is 290 g/mol. The van der Waals surface area contributed by atoms with Crippen molar-refractivity contribution < 1.29 is 4.74 Å². The second-order valence-corrected chi connectivity index (χ2v) is 5.87. The Morgan fingerprint density at radius 1 is 1.38 bits per heavy atom. The van der Waals surface area contributed by atoms with Crippen LogP contribution in [0.2, 0.25) is 0 Å². The molecule has 0 radical (unpaired) electrons. The van der Waals surface area contributed by atoms with Crippen LogP contribution in [0.15, 0.2) is 18.3 Å². The normalized spacial score (nSPS) is 11.8. The van der Waals surface area contributed by atoms with E-state index >= 15 is 0 Å². The Balaban J connectivity index is 2.24. The van der Waals surface area contributed by atoms with E-state index in [2.05, 4.69) is 37.2 Å². The molecule has 0 saturated heterocycles. The van der Waals surface area contributed by atoms with Crippen LogP contribution in [-0.2, 0) is 6.54 Å². The Kier molecular flexibility index (Phi) is 5.20. The lowest BCUT2D eigenvalue weighted by atomic mass is 10.1. The molecule has 2 aromatic rings. The van der Waals surface area contributed by atoms with Gasteiger partial charge in [-0.15, -0.1) is 0 Å². The fourth-order valence-electron chi connectivity index (χ4n) is 2.45. The van der Waals surface area contributed by atoms with Gasteiger partial charge in [0.15, 0.2) is 11.4 Å². The Hall–Kier alpha value is -1.59. The summed E-state index contributed by atoms with van der Waals surface area (Å²) in [6.45, 7) is 6.47. The fraction of sp³-hybridized carbons (Fsp3) is 0.562. The Bertz CT molecular complexity index is 589. The molecule has 0 spiro atoms. The number of ether oxygens (including phenoxy) is 1. The maximum absolute atomic E-state index is 5.91. The lowest BCUT2D eigenvalue weighted by Crippen LogP contribution is -2.15. The molecule has 0 unspecified atom stereocenters. The largest absolute Gasteiger partial charge is 0.490 e. The second kappa shape index (κ2) is 6.91. The summed E-state index contributed by atoms with van der Waals surface area (Å²) in [5.74, 6) is 1.18. The van der Waals surface area contributed by atoms with E-state index in [-0.39, 0.29) is 0 Å². The number of hydrogen-bond acceptors (Lipinski definition) is 4. The van der Waals surface area contributed by atoms with E-state index in [1.807, 2.05) is 18.3 Å². The van der Waals surface area contributed by atoms with Gasteiger partial charge in [0, 0.05) is 19.3 Å². The van der Waals surface area contributed by atoms with Gasteiger partial charge in [0.25, 0.3) is 0 Å². The highest BCUT2D eigenvalue weighted by atomic mass is 16.5.